The molecule has 3 aromatic rings. The number of hydrogen-bond donors (Lipinski definition) is 0. The SMILES string of the molecule is Cc1cc(CC(=O)N2CCN(c3nsc4ccccc34)CC2)on1. The van der Waals surface area contributed by atoms with Crippen LogP contribution in [0.25, 0.3) is 10.1 Å². The number of hydrogen-bond acceptors (Lipinski definition) is 6. The number of amides is 1. The second kappa shape index (κ2) is 6.24. The van der Waals surface area contributed by atoms with Gasteiger partial charge in [-0.1, -0.05) is 17.3 Å². The number of nitrogens with zero attached hydrogens (tertiary/aromatic N) is 4. The number of benzene rings is 1. The molecule has 1 aliphatic heterocycles. The van der Waals surface area contributed by atoms with Gasteiger partial charge in [0.25, 0.3) is 0 Å². The van der Waals surface area contributed by atoms with E-state index in [1.54, 1.807) is 0 Å². The van der Waals surface area contributed by atoms with E-state index in [0.717, 1.165) is 24.6 Å². The Morgan fingerprint density at radius 1 is 1.25 bits per heavy atom. The van der Waals surface area contributed by atoms with Gasteiger partial charge in [0, 0.05) is 37.6 Å². The van der Waals surface area contributed by atoms with Crippen LogP contribution in [0.2, 0.25) is 0 Å². The van der Waals surface area contributed by atoms with Crippen molar-refractivity contribution in [1.82, 2.24) is 14.4 Å². The number of piperazine rings is 1. The Morgan fingerprint density at radius 2 is 2.04 bits per heavy atom. The molecular weight excluding hydrogens is 324 g/mol. The van der Waals surface area contributed by atoms with E-state index in [2.05, 4.69) is 26.6 Å². The van der Waals surface area contributed by atoms with Crippen molar-refractivity contribution < 1.29 is 9.32 Å². The summed E-state index contributed by atoms with van der Waals surface area (Å²) >= 11 is 1.53. The number of carbonyl (C=O) groups is 1. The van der Waals surface area contributed by atoms with E-state index in [1.807, 2.05) is 30.0 Å². The lowest BCUT2D eigenvalue weighted by Crippen LogP contribution is -2.49. The topological polar surface area (TPSA) is 62.5 Å². The molecule has 0 bridgehead atoms. The predicted molar refractivity (Wildman–Crippen MR) is 93.4 cm³/mol. The van der Waals surface area contributed by atoms with Gasteiger partial charge in [0.1, 0.15) is 11.6 Å². The van der Waals surface area contributed by atoms with Crippen LogP contribution in [-0.4, -0.2) is 46.5 Å². The first-order chi connectivity index (χ1) is 11.7. The molecule has 2 aromatic heterocycles. The Balaban J connectivity index is 1.40. The Bertz CT molecular complexity index is 864. The molecule has 24 heavy (non-hydrogen) atoms. The van der Waals surface area contributed by atoms with Crippen molar-refractivity contribution in [1.29, 1.82) is 0 Å². The second-order valence-corrected chi connectivity index (χ2v) is 6.79. The average Bonchev–Trinajstić information content (AvgIpc) is 3.21. The lowest BCUT2D eigenvalue weighted by molar-refractivity contribution is -0.131. The van der Waals surface area contributed by atoms with Crippen LogP contribution in [0.3, 0.4) is 0 Å². The smallest absolute Gasteiger partial charge is 0.230 e. The van der Waals surface area contributed by atoms with Gasteiger partial charge in [-0.2, -0.15) is 4.37 Å². The Labute approximate surface area is 143 Å². The highest BCUT2D eigenvalue weighted by molar-refractivity contribution is 7.13. The van der Waals surface area contributed by atoms with Crippen molar-refractivity contribution in [2.75, 3.05) is 31.1 Å². The monoisotopic (exact) mass is 342 g/mol. The summed E-state index contributed by atoms with van der Waals surface area (Å²) in [5.74, 6) is 1.76. The van der Waals surface area contributed by atoms with Gasteiger partial charge in [0.05, 0.1) is 16.8 Å². The van der Waals surface area contributed by atoms with E-state index in [-0.39, 0.29) is 12.3 Å². The van der Waals surface area contributed by atoms with Crippen molar-refractivity contribution in [3.05, 3.63) is 41.8 Å². The molecule has 7 heteroatoms. The van der Waals surface area contributed by atoms with Gasteiger partial charge in [-0.3, -0.25) is 4.79 Å². The third-order valence-electron chi connectivity index (χ3n) is 4.29. The van der Waals surface area contributed by atoms with Gasteiger partial charge in [0.2, 0.25) is 5.91 Å². The first-order valence-corrected chi connectivity index (χ1v) is 8.77. The molecule has 1 aromatic carbocycles. The predicted octanol–water partition coefficient (Wildman–Crippen LogP) is 2.48. The van der Waals surface area contributed by atoms with Crippen LogP contribution in [0.4, 0.5) is 5.82 Å². The molecule has 124 valence electrons. The van der Waals surface area contributed by atoms with E-state index in [4.69, 9.17) is 4.52 Å². The van der Waals surface area contributed by atoms with Crippen LogP contribution in [0.1, 0.15) is 11.5 Å². The highest BCUT2D eigenvalue weighted by Crippen LogP contribution is 2.29. The molecule has 0 spiro atoms. The maximum Gasteiger partial charge on any atom is 0.230 e. The van der Waals surface area contributed by atoms with Crippen molar-refractivity contribution in [2.45, 2.75) is 13.3 Å². The molecule has 0 unspecified atom stereocenters. The van der Waals surface area contributed by atoms with Crippen LogP contribution >= 0.6 is 11.5 Å². The minimum atomic E-state index is 0.0916. The minimum absolute atomic E-state index is 0.0916. The van der Waals surface area contributed by atoms with Crippen LogP contribution in [0.5, 0.6) is 0 Å². The zero-order chi connectivity index (χ0) is 16.5. The van der Waals surface area contributed by atoms with Gasteiger partial charge in [-0.25, -0.2) is 0 Å². The fourth-order valence-electron chi connectivity index (χ4n) is 3.03. The molecule has 0 aliphatic carbocycles. The number of aromatic nitrogens is 2. The molecule has 0 atom stereocenters. The van der Waals surface area contributed by atoms with Crippen LogP contribution in [-0.2, 0) is 11.2 Å². The quantitative estimate of drug-likeness (QED) is 0.732. The molecule has 1 saturated heterocycles. The lowest BCUT2D eigenvalue weighted by atomic mass is 10.2. The molecule has 3 heterocycles. The van der Waals surface area contributed by atoms with Gasteiger partial charge in [0.15, 0.2) is 0 Å². The van der Waals surface area contributed by atoms with Crippen molar-refractivity contribution in [2.24, 2.45) is 0 Å². The second-order valence-electron chi connectivity index (χ2n) is 5.98. The Morgan fingerprint density at radius 3 is 2.79 bits per heavy atom. The van der Waals surface area contributed by atoms with E-state index < -0.39 is 0 Å². The first kappa shape index (κ1) is 15.1. The van der Waals surface area contributed by atoms with Crippen molar-refractivity contribution in [3.63, 3.8) is 0 Å². The van der Waals surface area contributed by atoms with Gasteiger partial charge >= 0.3 is 0 Å². The summed E-state index contributed by atoms with van der Waals surface area (Å²) in [5.41, 5.74) is 0.804. The van der Waals surface area contributed by atoms with Gasteiger partial charge < -0.3 is 14.3 Å². The zero-order valence-electron chi connectivity index (χ0n) is 13.4. The summed E-state index contributed by atoms with van der Waals surface area (Å²) in [6.45, 7) is 4.87. The molecule has 4 rings (SSSR count). The maximum absolute atomic E-state index is 12.4. The van der Waals surface area contributed by atoms with Crippen molar-refractivity contribution in [3.8, 4) is 0 Å². The number of carbonyl (C=O) groups excluding carboxylic acids is 1. The van der Waals surface area contributed by atoms with Crippen LogP contribution in [0.15, 0.2) is 34.9 Å². The number of aryl methyl sites for hydroxylation is 1. The molecule has 0 N–H and O–H groups in total. The number of anilines is 1. The van der Waals surface area contributed by atoms with E-state index in [1.165, 1.54) is 21.6 Å². The highest BCUT2D eigenvalue weighted by atomic mass is 32.1. The summed E-state index contributed by atoms with van der Waals surface area (Å²) in [6, 6.07) is 10.1. The number of fused-ring (bicyclic) bond motifs is 1. The summed E-state index contributed by atoms with van der Waals surface area (Å²) in [6.07, 6.45) is 0.278. The molecule has 1 amide bonds. The Kier molecular flexibility index (Phi) is 3.93. The molecule has 0 radical (unpaired) electrons. The normalized spacial score (nSPS) is 15.2. The lowest BCUT2D eigenvalue weighted by Gasteiger charge is -2.35. The molecule has 0 saturated carbocycles. The Hall–Kier alpha value is -2.41. The fraction of sp³-hybridized carbons (Fsp3) is 0.353. The largest absolute Gasteiger partial charge is 0.361 e. The molecule has 1 aliphatic rings. The highest BCUT2D eigenvalue weighted by Gasteiger charge is 2.24. The number of rotatable bonds is 3. The van der Waals surface area contributed by atoms with Gasteiger partial charge in [-0.15, -0.1) is 0 Å². The summed E-state index contributed by atoms with van der Waals surface area (Å²) in [7, 11) is 0. The summed E-state index contributed by atoms with van der Waals surface area (Å²) in [4.78, 5) is 16.5. The standard InChI is InChI=1S/C17H18N4O2S/c1-12-10-13(23-18-12)11-16(22)20-6-8-21(9-7-20)17-14-4-2-3-5-15(14)24-19-17/h2-5,10H,6-9,11H2,1H3. The summed E-state index contributed by atoms with van der Waals surface area (Å²) < 4.78 is 10.9. The van der Waals surface area contributed by atoms with Crippen LogP contribution in [0, 0.1) is 6.92 Å². The minimum Gasteiger partial charge on any atom is -0.361 e. The van der Waals surface area contributed by atoms with Crippen molar-refractivity contribution >= 4 is 33.3 Å². The van der Waals surface area contributed by atoms with E-state index in [9.17, 15) is 4.79 Å². The zero-order valence-corrected chi connectivity index (χ0v) is 14.3. The maximum atomic E-state index is 12.4. The third kappa shape index (κ3) is 2.87. The van der Waals surface area contributed by atoms with Crippen LogP contribution < -0.4 is 4.90 Å². The molecular formula is C17H18N4O2S. The third-order valence-corrected chi connectivity index (χ3v) is 5.11. The summed E-state index contributed by atoms with van der Waals surface area (Å²) in [5, 5.41) is 5.02. The average molecular weight is 342 g/mol. The van der Waals surface area contributed by atoms with E-state index >= 15 is 0 Å². The molecule has 1 fully saturated rings. The first-order valence-electron chi connectivity index (χ1n) is 8.00. The van der Waals surface area contributed by atoms with Gasteiger partial charge in [-0.05, 0) is 30.6 Å². The molecule has 6 nitrogen and oxygen atoms in total. The fourth-order valence-corrected chi connectivity index (χ4v) is 3.82. The van der Waals surface area contributed by atoms with E-state index in [0.29, 0.717) is 18.8 Å².